The zero-order chi connectivity index (χ0) is 25.7. The summed E-state index contributed by atoms with van der Waals surface area (Å²) < 4.78 is 9.86. The molecule has 2 rings (SSSR count). The number of allylic oxidation sites excluding steroid dienone is 2. The number of nitrogens with zero attached hydrogens (tertiary/aromatic N) is 2. The van der Waals surface area contributed by atoms with Crippen LogP contribution in [0.2, 0.25) is 0 Å². The normalized spacial score (nSPS) is 24.5. The van der Waals surface area contributed by atoms with Gasteiger partial charge in [-0.05, 0) is 13.8 Å². The second kappa shape index (κ2) is 7.95. The maximum atomic E-state index is 14.2. The molecule has 0 bridgehead atoms. The van der Waals surface area contributed by atoms with Gasteiger partial charge < -0.3 is 20.9 Å². The lowest BCUT2D eigenvalue weighted by Gasteiger charge is -2.49. The van der Waals surface area contributed by atoms with Gasteiger partial charge in [-0.25, -0.2) is 40.0 Å². The number of urea groups is 2. The summed E-state index contributed by atoms with van der Waals surface area (Å²) in [6.07, 6.45) is 0. The van der Waals surface area contributed by atoms with Crippen molar-refractivity contribution >= 4 is 29.8 Å². The Balaban J connectivity index is 3.18. The fraction of sp³-hybridized carbons (Fsp3) is 0.526. The highest BCUT2D eigenvalue weighted by molar-refractivity contribution is 6.14. The first-order chi connectivity index (χ1) is 15.0. The molecule has 182 valence electrons. The van der Waals surface area contributed by atoms with E-state index in [1.54, 1.807) is 20.8 Å². The van der Waals surface area contributed by atoms with Gasteiger partial charge in [-0.15, -0.1) is 0 Å². The Labute approximate surface area is 190 Å². The molecule has 4 amide bonds. The van der Waals surface area contributed by atoms with Crippen LogP contribution in [0.25, 0.3) is 0 Å². The Bertz CT molecular complexity index is 948. The lowest BCUT2D eigenvalue weighted by Crippen LogP contribution is -2.77. The van der Waals surface area contributed by atoms with Gasteiger partial charge in [0.25, 0.3) is 0 Å². The summed E-state index contributed by atoms with van der Waals surface area (Å²) in [7, 11) is 2.14. The van der Waals surface area contributed by atoms with E-state index in [9.17, 15) is 24.0 Å². The second-order valence-corrected chi connectivity index (χ2v) is 8.58. The molecule has 0 spiro atoms. The third-order valence-corrected chi connectivity index (χ3v) is 5.62. The molecule has 2 heterocycles. The number of primary amides is 2. The van der Waals surface area contributed by atoms with E-state index in [4.69, 9.17) is 26.7 Å². The number of esters is 2. The third kappa shape index (κ3) is 3.25. The van der Waals surface area contributed by atoms with E-state index < -0.39 is 46.4 Å². The first kappa shape index (κ1) is 25.5. The average molecular weight is 467 g/mol. The van der Waals surface area contributed by atoms with E-state index in [0.29, 0.717) is 0 Å². The van der Waals surface area contributed by atoms with Gasteiger partial charge in [0.1, 0.15) is 0 Å². The number of Topliss-reactive ketones (excluding diaryl/α,β-unsaturated/α-hetero) is 1. The lowest BCUT2D eigenvalue weighted by molar-refractivity contribution is -0.155. The van der Waals surface area contributed by atoms with Crippen LogP contribution in [0, 0.1) is 10.8 Å². The SMILES string of the molecule is COC(=O)C1=C(C)N(NC(N)=O)C2(N)N(NC(N)=O)C(C)=C(C(=O)OC)C12C(=O)C(C)(C)C. The number of carbonyl (C=O) groups excluding carboxylic acids is 5. The van der Waals surface area contributed by atoms with Gasteiger partial charge in [0, 0.05) is 16.8 Å². The van der Waals surface area contributed by atoms with Crippen molar-refractivity contribution in [3.63, 3.8) is 0 Å². The predicted octanol–water partition coefficient (Wildman–Crippen LogP) is -1.11. The fourth-order valence-electron chi connectivity index (χ4n) is 4.53. The largest absolute Gasteiger partial charge is 0.466 e. The molecule has 0 saturated carbocycles. The van der Waals surface area contributed by atoms with Crippen molar-refractivity contribution in [2.24, 2.45) is 28.0 Å². The number of ether oxygens (including phenoxy) is 2. The van der Waals surface area contributed by atoms with Gasteiger partial charge in [0.05, 0.1) is 25.4 Å². The van der Waals surface area contributed by atoms with Crippen molar-refractivity contribution in [1.29, 1.82) is 0 Å². The molecule has 0 aromatic rings. The molecule has 33 heavy (non-hydrogen) atoms. The van der Waals surface area contributed by atoms with Crippen molar-refractivity contribution < 1.29 is 33.4 Å². The monoisotopic (exact) mass is 467 g/mol. The molecule has 2 aliphatic rings. The summed E-state index contributed by atoms with van der Waals surface area (Å²) in [4.78, 5) is 64.2. The highest BCUT2D eigenvalue weighted by Gasteiger charge is 2.78. The quantitative estimate of drug-likeness (QED) is 0.307. The molecule has 0 aliphatic carbocycles. The molecule has 14 heteroatoms. The number of ketones is 1. The summed E-state index contributed by atoms with van der Waals surface area (Å²) >= 11 is 0. The Hall–Kier alpha value is -3.81. The molecule has 0 fully saturated rings. The summed E-state index contributed by atoms with van der Waals surface area (Å²) in [6.45, 7) is 7.37. The van der Waals surface area contributed by atoms with Gasteiger partial charge in [-0.2, -0.15) is 0 Å². The standard InChI is InChI=1S/C19H29N7O7/c1-8-10(12(27)32-6)18(14(29)17(3,4)5)11(13(28)33-7)9(2)26(24-16(21)31)19(18,22)25(8)23-15(20)30/h22H2,1-7H3,(H3,20,23,30)(H3,21,24,31). The van der Waals surface area contributed by atoms with E-state index in [-0.39, 0.29) is 22.5 Å². The number of hydrogen-bond acceptors (Lipinski definition) is 10. The van der Waals surface area contributed by atoms with Gasteiger partial charge in [-0.3, -0.25) is 10.5 Å². The van der Waals surface area contributed by atoms with Gasteiger partial charge >= 0.3 is 24.0 Å². The van der Waals surface area contributed by atoms with E-state index in [2.05, 4.69) is 10.9 Å². The molecule has 8 N–H and O–H groups in total. The number of hydrazine groups is 2. The van der Waals surface area contributed by atoms with Gasteiger partial charge in [0.2, 0.25) is 5.79 Å². The maximum Gasteiger partial charge on any atom is 0.337 e. The van der Waals surface area contributed by atoms with E-state index in [1.165, 1.54) is 13.8 Å². The molecule has 0 unspecified atom stereocenters. The number of fused-ring (bicyclic) bond motifs is 1. The molecule has 0 aromatic heterocycles. The van der Waals surface area contributed by atoms with Crippen LogP contribution in [0.4, 0.5) is 9.59 Å². The Kier molecular flexibility index (Phi) is 6.13. The number of nitrogens with two attached hydrogens (primary N) is 3. The predicted molar refractivity (Wildman–Crippen MR) is 112 cm³/mol. The minimum absolute atomic E-state index is 0.0640. The Morgan fingerprint density at radius 3 is 1.39 bits per heavy atom. The van der Waals surface area contributed by atoms with Crippen LogP contribution in [0.5, 0.6) is 0 Å². The molecule has 2 aliphatic heterocycles. The Morgan fingerprint density at radius 1 is 0.818 bits per heavy atom. The molecular weight excluding hydrogens is 438 g/mol. The molecule has 0 atom stereocenters. The van der Waals surface area contributed by atoms with Crippen LogP contribution in [0.1, 0.15) is 34.6 Å². The van der Waals surface area contributed by atoms with Crippen molar-refractivity contribution in [2.75, 3.05) is 14.2 Å². The van der Waals surface area contributed by atoms with Crippen molar-refractivity contribution in [3.05, 3.63) is 22.5 Å². The van der Waals surface area contributed by atoms with Crippen LogP contribution >= 0.6 is 0 Å². The summed E-state index contributed by atoms with van der Waals surface area (Å²) in [5.74, 6) is -5.06. The zero-order valence-electron chi connectivity index (χ0n) is 19.5. The number of carbonyl (C=O) groups is 5. The topological polar surface area (TPSA) is 212 Å². The van der Waals surface area contributed by atoms with E-state index in [1.807, 2.05) is 0 Å². The fourth-order valence-corrected chi connectivity index (χ4v) is 4.53. The molecule has 0 radical (unpaired) electrons. The van der Waals surface area contributed by atoms with E-state index in [0.717, 1.165) is 24.2 Å². The molecule has 0 aromatic carbocycles. The number of rotatable bonds is 5. The highest BCUT2D eigenvalue weighted by atomic mass is 16.5. The van der Waals surface area contributed by atoms with Crippen LogP contribution < -0.4 is 28.1 Å². The van der Waals surface area contributed by atoms with Crippen LogP contribution in [-0.2, 0) is 23.9 Å². The number of nitrogens with one attached hydrogen (secondary N) is 2. The van der Waals surface area contributed by atoms with Crippen molar-refractivity contribution in [1.82, 2.24) is 20.9 Å². The minimum atomic E-state index is -2.33. The minimum Gasteiger partial charge on any atom is -0.466 e. The summed E-state index contributed by atoms with van der Waals surface area (Å²) in [5.41, 5.74) is 17.6. The van der Waals surface area contributed by atoms with Crippen molar-refractivity contribution in [2.45, 2.75) is 40.4 Å². The smallest absolute Gasteiger partial charge is 0.337 e. The van der Waals surface area contributed by atoms with Gasteiger partial charge in [0.15, 0.2) is 11.2 Å². The van der Waals surface area contributed by atoms with Crippen LogP contribution in [-0.4, -0.2) is 59.8 Å². The Morgan fingerprint density at radius 2 is 1.15 bits per heavy atom. The van der Waals surface area contributed by atoms with Gasteiger partial charge in [-0.1, -0.05) is 20.8 Å². The van der Waals surface area contributed by atoms with Crippen molar-refractivity contribution in [3.8, 4) is 0 Å². The summed E-state index contributed by atoms with van der Waals surface area (Å²) in [6, 6.07) is -2.21. The first-order valence-corrected chi connectivity index (χ1v) is 9.70. The molecule has 0 saturated heterocycles. The second-order valence-electron chi connectivity index (χ2n) is 8.58. The van der Waals surface area contributed by atoms with Crippen LogP contribution in [0.3, 0.4) is 0 Å². The third-order valence-electron chi connectivity index (χ3n) is 5.62. The highest BCUT2D eigenvalue weighted by Crippen LogP contribution is 2.62. The first-order valence-electron chi connectivity index (χ1n) is 9.70. The number of methoxy groups -OCH3 is 2. The lowest BCUT2D eigenvalue weighted by atomic mass is 9.62. The summed E-state index contributed by atoms with van der Waals surface area (Å²) in [5, 5.41) is 1.83. The van der Waals surface area contributed by atoms with E-state index >= 15 is 0 Å². The van der Waals surface area contributed by atoms with Crippen LogP contribution in [0.15, 0.2) is 22.5 Å². The average Bonchev–Trinajstić information content (AvgIpc) is 3.00. The number of amides is 4. The molecular formula is C19H29N7O7. The number of hydrogen-bond donors (Lipinski definition) is 5. The zero-order valence-corrected chi connectivity index (χ0v) is 19.5. The molecule has 14 nitrogen and oxygen atoms in total. The maximum absolute atomic E-state index is 14.2.